The number of para-hydroxylation sites is 1. The molecule has 2 N–H and O–H groups in total. The average molecular weight is 487 g/mol. The smallest absolute Gasteiger partial charge is 0.340 e. The van der Waals surface area contributed by atoms with Crippen LogP contribution in [0.5, 0.6) is 0 Å². The van der Waals surface area contributed by atoms with E-state index >= 15 is 0 Å². The third kappa shape index (κ3) is 6.38. The number of carbonyl (C=O) groups excluding carboxylic acids is 3. The molecule has 0 radical (unpaired) electrons. The molecule has 176 valence electrons. The molecule has 0 fully saturated rings. The van der Waals surface area contributed by atoms with Crippen LogP contribution in [-0.4, -0.2) is 44.6 Å². The minimum atomic E-state index is -0.892. The fraction of sp³-hybridized carbons (Fsp3) is 0.143. The molecule has 0 aliphatic heterocycles. The molecule has 2 aromatic carbocycles. The van der Waals surface area contributed by atoms with Crippen molar-refractivity contribution in [3.8, 4) is 0 Å². The first-order valence-corrected chi connectivity index (χ1v) is 10.6. The van der Waals surface area contributed by atoms with Crippen molar-refractivity contribution < 1.29 is 28.4 Å². The van der Waals surface area contributed by atoms with E-state index in [-0.39, 0.29) is 28.6 Å². The van der Waals surface area contributed by atoms with Gasteiger partial charge in [-0.25, -0.2) is 14.2 Å². The Bertz CT molecular complexity index is 1250. The van der Waals surface area contributed by atoms with E-state index in [0.717, 1.165) is 12.1 Å². The van der Waals surface area contributed by atoms with Crippen molar-refractivity contribution in [1.82, 2.24) is 9.55 Å². The van der Waals surface area contributed by atoms with Crippen molar-refractivity contribution in [3.63, 3.8) is 0 Å². The lowest BCUT2D eigenvalue weighted by Gasteiger charge is -2.11. The Morgan fingerprint density at radius 2 is 1.88 bits per heavy atom. The number of nitrogens with zero attached hydrogens (tertiary/aromatic N) is 3. The summed E-state index contributed by atoms with van der Waals surface area (Å²) in [7, 11) is 1.79. The maximum Gasteiger partial charge on any atom is 0.340 e. The van der Waals surface area contributed by atoms with Crippen LogP contribution in [0, 0.1) is 15.9 Å². The molecule has 2 amide bonds. The van der Waals surface area contributed by atoms with Gasteiger partial charge < -0.3 is 19.9 Å². The lowest BCUT2D eigenvalue weighted by molar-refractivity contribution is -0.384. The van der Waals surface area contributed by atoms with Crippen LogP contribution in [0.1, 0.15) is 10.4 Å². The first-order chi connectivity index (χ1) is 16.2. The van der Waals surface area contributed by atoms with Crippen molar-refractivity contribution >= 4 is 46.6 Å². The molecule has 11 nitrogen and oxygen atoms in total. The van der Waals surface area contributed by atoms with E-state index in [2.05, 4.69) is 15.6 Å². The third-order valence-electron chi connectivity index (χ3n) is 4.30. The second-order valence-corrected chi connectivity index (χ2v) is 7.69. The fourth-order valence-corrected chi connectivity index (χ4v) is 3.47. The van der Waals surface area contributed by atoms with Crippen molar-refractivity contribution in [1.29, 1.82) is 0 Å². The molecule has 1 heterocycles. The van der Waals surface area contributed by atoms with Crippen LogP contribution in [0.4, 0.5) is 21.5 Å². The van der Waals surface area contributed by atoms with Gasteiger partial charge in [-0.05, 0) is 24.3 Å². The highest BCUT2D eigenvalue weighted by Gasteiger charge is 2.19. The van der Waals surface area contributed by atoms with Crippen LogP contribution in [0.25, 0.3) is 0 Å². The van der Waals surface area contributed by atoms with Gasteiger partial charge in [0.15, 0.2) is 11.8 Å². The van der Waals surface area contributed by atoms with E-state index in [4.69, 9.17) is 4.74 Å². The number of thioether (sulfide) groups is 1. The molecule has 1 aromatic heterocycles. The summed E-state index contributed by atoms with van der Waals surface area (Å²) < 4.78 is 20.0. The number of nitro groups is 1. The van der Waals surface area contributed by atoms with Gasteiger partial charge >= 0.3 is 5.97 Å². The summed E-state index contributed by atoms with van der Waals surface area (Å²) in [5, 5.41) is 16.5. The summed E-state index contributed by atoms with van der Waals surface area (Å²) in [5.41, 5.74) is -0.688. The van der Waals surface area contributed by atoms with Gasteiger partial charge in [-0.2, -0.15) is 0 Å². The summed E-state index contributed by atoms with van der Waals surface area (Å²) in [5.74, 6) is -2.93. The number of ether oxygens (including phenoxy) is 1. The predicted octanol–water partition coefficient (Wildman–Crippen LogP) is 2.99. The number of esters is 1. The molecule has 0 aliphatic rings. The number of rotatable bonds is 9. The van der Waals surface area contributed by atoms with E-state index in [1.165, 1.54) is 23.9 Å². The number of imidazole rings is 1. The summed E-state index contributed by atoms with van der Waals surface area (Å²) in [6.07, 6.45) is 3.35. The second-order valence-electron chi connectivity index (χ2n) is 6.75. The summed E-state index contributed by atoms with van der Waals surface area (Å²) in [6, 6.07) is 8.71. The highest BCUT2D eigenvalue weighted by molar-refractivity contribution is 7.99. The summed E-state index contributed by atoms with van der Waals surface area (Å²) in [6.45, 7) is -0.759. The number of hydrogen-bond donors (Lipinski definition) is 2. The maximum absolute atomic E-state index is 13.2. The summed E-state index contributed by atoms with van der Waals surface area (Å²) in [4.78, 5) is 51.2. The van der Waals surface area contributed by atoms with Crippen molar-refractivity contribution in [2.45, 2.75) is 5.16 Å². The number of nitro benzene ring substituents is 1. The Morgan fingerprint density at radius 3 is 2.59 bits per heavy atom. The average Bonchev–Trinajstić information content (AvgIpc) is 3.22. The predicted molar refractivity (Wildman–Crippen MR) is 121 cm³/mol. The van der Waals surface area contributed by atoms with Crippen LogP contribution < -0.4 is 10.6 Å². The van der Waals surface area contributed by atoms with Crippen LogP contribution in [0.2, 0.25) is 0 Å². The first kappa shape index (κ1) is 24.4. The molecule has 13 heteroatoms. The lowest BCUT2D eigenvalue weighted by atomic mass is 10.2. The number of hydrogen-bond acceptors (Lipinski definition) is 8. The van der Waals surface area contributed by atoms with Crippen LogP contribution >= 0.6 is 11.8 Å². The molecule has 0 atom stereocenters. The Morgan fingerprint density at radius 1 is 1.15 bits per heavy atom. The highest BCUT2D eigenvalue weighted by atomic mass is 32.2. The number of aryl methyl sites for hydroxylation is 1. The number of carbonyl (C=O) groups is 3. The number of amides is 2. The number of halogens is 1. The first-order valence-electron chi connectivity index (χ1n) is 9.64. The lowest BCUT2D eigenvalue weighted by Crippen LogP contribution is -2.22. The van der Waals surface area contributed by atoms with E-state index in [9.17, 15) is 28.9 Å². The Hall–Kier alpha value is -4.26. The molecule has 0 aliphatic carbocycles. The topological polar surface area (TPSA) is 145 Å². The van der Waals surface area contributed by atoms with Gasteiger partial charge in [0.1, 0.15) is 11.5 Å². The fourth-order valence-electron chi connectivity index (χ4n) is 2.73. The number of aromatic nitrogens is 2. The summed E-state index contributed by atoms with van der Waals surface area (Å²) >= 11 is 1.21. The largest absolute Gasteiger partial charge is 0.452 e. The van der Waals surface area contributed by atoms with Gasteiger partial charge in [0.25, 0.3) is 11.6 Å². The zero-order chi connectivity index (χ0) is 24.7. The number of anilines is 2. The van der Waals surface area contributed by atoms with E-state index in [0.29, 0.717) is 11.2 Å². The van der Waals surface area contributed by atoms with E-state index in [1.54, 1.807) is 36.1 Å². The number of benzene rings is 2. The molecule has 3 rings (SSSR count). The van der Waals surface area contributed by atoms with E-state index < -0.39 is 34.9 Å². The zero-order valence-electron chi connectivity index (χ0n) is 17.7. The Labute approximate surface area is 196 Å². The van der Waals surface area contributed by atoms with Crippen molar-refractivity contribution in [3.05, 3.63) is 76.4 Å². The molecule has 0 spiro atoms. The molecule has 3 aromatic rings. The van der Waals surface area contributed by atoms with Gasteiger partial charge in [0, 0.05) is 19.4 Å². The second kappa shape index (κ2) is 11.0. The highest BCUT2D eigenvalue weighted by Crippen LogP contribution is 2.25. The zero-order valence-corrected chi connectivity index (χ0v) is 18.5. The minimum Gasteiger partial charge on any atom is -0.452 e. The monoisotopic (exact) mass is 487 g/mol. The van der Waals surface area contributed by atoms with E-state index in [1.807, 2.05) is 0 Å². The Kier molecular flexibility index (Phi) is 7.92. The van der Waals surface area contributed by atoms with Gasteiger partial charge in [-0.15, -0.1) is 0 Å². The van der Waals surface area contributed by atoms with Crippen LogP contribution in [0.3, 0.4) is 0 Å². The molecule has 0 unspecified atom stereocenters. The SMILES string of the molecule is Cn1ccnc1SCC(=O)Nc1ccccc1C(=O)OCC(=O)Nc1ccc(F)cc1[N+](=O)[O-]. The van der Waals surface area contributed by atoms with Gasteiger partial charge in [0.05, 0.1) is 28.0 Å². The van der Waals surface area contributed by atoms with Gasteiger partial charge in [-0.3, -0.25) is 19.7 Å². The molecule has 0 saturated heterocycles. The molecule has 0 saturated carbocycles. The van der Waals surface area contributed by atoms with Crippen molar-refractivity contribution in [2.24, 2.45) is 7.05 Å². The van der Waals surface area contributed by atoms with Crippen LogP contribution in [0.15, 0.2) is 60.0 Å². The molecular weight excluding hydrogens is 469 g/mol. The van der Waals surface area contributed by atoms with Gasteiger partial charge in [-0.1, -0.05) is 23.9 Å². The minimum absolute atomic E-state index is 0.0124. The normalized spacial score (nSPS) is 10.4. The molecule has 0 bridgehead atoms. The molecular formula is C21H18FN5O6S. The standard InChI is InChI=1S/C21H18FN5O6S/c1-26-9-8-23-21(26)34-12-19(29)24-15-5-3-2-4-14(15)20(30)33-11-18(28)25-16-7-6-13(22)10-17(16)27(31)32/h2-10H,11-12H2,1H3,(H,24,29)(H,25,28). The third-order valence-corrected chi connectivity index (χ3v) is 5.35. The van der Waals surface area contributed by atoms with Crippen LogP contribution in [-0.2, 0) is 21.4 Å². The van der Waals surface area contributed by atoms with Crippen molar-refractivity contribution in [2.75, 3.05) is 23.0 Å². The quantitative estimate of drug-likeness (QED) is 0.203. The number of nitrogens with one attached hydrogen (secondary N) is 2. The Balaban J connectivity index is 1.58. The molecule has 34 heavy (non-hydrogen) atoms. The van der Waals surface area contributed by atoms with Gasteiger partial charge in [0.2, 0.25) is 5.91 Å². The maximum atomic E-state index is 13.2.